The van der Waals surface area contributed by atoms with Gasteiger partial charge in [0.2, 0.25) is 0 Å². The van der Waals surface area contributed by atoms with Gasteiger partial charge in [0.1, 0.15) is 9.88 Å². The SMILES string of the molecule is CCOCCn1cc(N)c2cc(-c3nc(C)c(C(=O)OCC)s3)ccc21. The second-order valence-electron chi connectivity index (χ2n) is 5.86. The predicted octanol–water partition coefficient (Wildman–Crippen LogP) is 3.87. The average Bonchev–Trinajstić information content (AvgIpc) is 3.16. The molecule has 0 spiro atoms. The van der Waals surface area contributed by atoms with Crippen LogP contribution in [0.1, 0.15) is 29.2 Å². The molecule has 0 bridgehead atoms. The van der Waals surface area contributed by atoms with Crippen LogP contribution < -0.4 is 5.73 Å². The minimum atomic E-state index is -0.323. The Hall–Kier alpha value is -2.38. The number of hydrogen-bond donors (Lipinski definition) is 1. The van der Waals surface area contributed by atoms with E-state index in [2.05, 4.69) is 9.55 Å². The number of carbonyl (C=O) groups excluding carboxylic acids is 1. The van der Waals surface area contributed by atoms with Crippen molar-refractivity contribution in [1.29, 1.82) is 0 Å². The maximum absolute atomic E-state index is 12.0. The van der Waals surface area contributed by atoms with Crippen molar-refractivity contribution in [3.63, 3.8) is 0 Å². The van der Waals surface area contributed by atoms with Crippen LogP contribution in [-0.4, -0.2) is 35.3 Å². The summed E-state index contributed by atoms with van der Waals surface area (Å²) >= 11 is 1.35. The number of nitrogens with two attached hydrogens (primary N) is 1. The number of esters is 1. The molecule has 7 heteroatoms. The Morgan fingerprint density at radius 2 is 2.12 bits per heavy atom. The lowest BCUT2D eigenvalue weighted by Gasteiger charge is -2.05. The molecule has 0 atom stereocenters. The number of hydrogen-bond acceptors (Lipinski definition) is 6. The summed E-state index contributed by atoms with van der Waals surface area (Å²) in [6.07, 6.45) is 1.94. The number of aromatic nitrogens is 2. The van der Waals surface area contributed by atoms with Crippen LogP contribution in [0.25, 0.3) is 21.5 Å². The monoisotopic (exact) mass is 373 g/mol. The Balaban J connectivity index is 1.93. The van der Waals surface area contributed by atoms with Gasteiger partial charge in [0, 0.05) is 30.3 Å². The summed E-state index contributed by atoms with van der Waals surface area (Å²) in [5, 5.41) is 1.76. The molecular formula is C19H23N3O3S. The number of nitrogens with zero attached hydrogens (tertiary/aromatic N) is 2. The molecule has 3 aromatic rings. The van der Waals surface area contributed by atoms with Crippen LogP contribution in [0.4, 0.5) is 5.69 Å². The Morgan fingerprint density at radius 3 is 2.85 bits per heavy atom. The zero-order chi connectivity index (χ0) is 18.7. The van der Waals surface area contributed by atoms with Crippen molar-refractivity contribution in [3.05, 3.63) is 35.0 Å². The van der Waals surface area contributed by atoms with Crippen molar-refractivity contribution in [3.8, 4) is 10.6 Å². The van der Waals surface area contributed by atoms with E-state index in [4.69, 9.17) is 15.2 Å². The zero-order valence-electron chi connectivity index (χ0n) is 15.2. The van der Waals surface area contributed by atoms with Crippen LogP contribution in [0, 0.1) is 6.92 Å². The third-order valence-corrected chi connectivity index (χ3v) is 5.28. The number of nitrogen functional groups attached to an aromatic ring is 1. The largest absolute Gasteiger partial charge is 0.462 e. The first kappa shape index (κ1) is 18.4. The smallest absolute Gasteiger partial charge is 0.350 e. The molecule has 0 radical (unpaired) electrons. The van der Waals surface area contributed by atoms with E-state index in [9.17, 15) is 4.79 Å². The lowest BCUT2D eigenvalue weighted by atomic mass is 10.1. The molecule has 0 amide bonds. The molecule has 0 saturated carbocycles. The number of benzene rings is 1. The highest BCUT2D eigenvalue weighted by molar-refractivity contribution is 7.17. The van der Waals surface area contributed by atoms with Crippen LogP contribution in [-0.2, 0) is 16.0 Å². The number of rotatable bonds is 7. The molecule has 0 unspecified atom stereocenters. The van der Waals surface area contributed by atoms with E-state index in [-0.39, 0.29) is 5.97 Å². The fraction of sp³-hybridized carbons (Fsp3) is 0.368. The van der Waals surface area contributed by atoms with Crippen LogP contribution >= 0.6 is 11.3 Å². The summed E-state index contributed by atoms with van der Waals surface area (Å²) in [6.45, 7) is 8.05. The first-order valence-electron chi connectivity index (χ1n) is 8.66. The van der Waals surface area contributed by atoms with Gasteiger partial charge in [-0.15, -0.1) is 11.3 Å². The molecule has 3 rings (SSSR count). The molecule has 0 saturated heterocycles. The standard InChI is InChI=1S/C19H23N3O3S/c1-4-24-9-8-22-11-15(20)14-10-13(6-7-16(14)22)18-21-12(3)17(26-18)19(23)25-5-2/h6-7,10-11H,4-5,8-9,20H2,1-3H3. The second kappa shape index (κ2) is 7.88. The van der Waals surface area contributed by atoms with Crippen molar-refractivity contribution < 1.29 is 14.3 Å². The van der Waals surface area contributed by atoms with E-state index < -0.39 is 0 Å². The third-order valence-electron chi connectivity index (χ3n) is 4.10. The first-order valence-corrected chi connectivity index (χ1v) is 9.47. The normalized spacial score (nSPS) is 11.2. The summed E-state index contributed by atoms with van der Waals surface area (Å²) in [5.74, 6) is -0.323. The van der Waals surface area contributed by atoms with Gasteiger partial charge in [0.15, 0.2) is 0 Å². The lowest BCUT2D eigenvalue weighted by Crippen LogP contribution is -2.04. The highest BCUT2D eigenvalue weighted by Crippen LogP contribution is 2.33. The fourth-order valence-electron chi connectivity index (χ4n) is 2.86. The topological polar surface area (TPSA) is 79.4 Å². The molecule has 1 aromatic carbocycles. The van der Waals surface area contributed by atoms with E-state index in [1.54, 1.807) is 6.92 Å². The molecule has 26 heavy (non-hydrogen) atoms. The summed E-state index contributed by atoms with van der Waals surface area (Å²) in [6, 6.07) is 6.06. The van der Waals surface area contributed by atoms with Gasteiger partial charge in [0.05, 0.1) is 30.1 Å². The van der Waals surface area contributed by atoms with Crippen molar-refractivity contribution >= 4 is 33.9 Å². The fourth-order valence-corrected chi connectivity index (χ4v) is 3.81. The number of carbonyl (C=O) groups is 1. The zero-order valence-corrected chi connectivity index (χ0v) is 16.1. The lowest BCUT2D eigenvalue weighted by molar-refractivity contribution is 0.0531. The first-order chi connectivity index (χ1) is 12.5. The van der Waals surface area contributed by atoms with Gasteiger partial charge in [-0.3, -0.25) is 0 Å². The Labute approximate surface area is 156 Å². The van der Waals surface area contributed by atoms with Crippen LogP contribution in [0.3, 0.4) is 0 Å². The van der Waals surface area contributed by atoms with E-state index >= 15 is 0 Å². The third kappa shape index (κ3) is 3.59. The van der Waals surface area contributed by atoms with Crippen molar-refractivity contribution in [2.24, 2.45) is 0 Å². The number of thiazole rings is 1. The van der Waals surface area contributed by atoms with Gasteiger partial charge >= 0.3 is 5.97 Å². The Bertz CT molecular complexity index is 930. The molecule has 2 aromatic heterocycles. The quantitative estimate of drug-likeness (QED) is 0.502. The van der Waals surface area contributed by atoms with Gasteiger partial charge in [-0.05, 0) is 39.0 Å². The molecule has 0 aliphatic carbocycles. The van der Waals surface area contributed by atoms with Gasteiger partial charge in [0.25, 0.3) is 0 Å². The highest BCUT2D eigenvalue weighted by atomic mass is 32.1. The van der Waals surface area contributed by atoms with Gasteiger partial charge in [-0.25, -0.2) is 9.78 Å². The maximum atomic E-state index is 12.0. The number of ether oxygens (including phenoxy) is 2. The molecule has 6 nitrogen and oxygen atoms in total. The molecule has 138 valence electrons. The summed E-state index contributed by atoms with van der Waals surface area (Å²) < 4.78 is 12.6. The second-order valence-corrected chi connectivity index (χ2v) is 6.86. The van der Waals surface area contributed by atoms with Crippen molar-refractivity contribution in [1.82, 2.24) is 9.55 Å². The minimum absolute atomic E-state index is 0.323. The number of fused-ring (bicyclic) bond motifs is 1. The molecule has 0 fully saturated rings. The van der Waals surface area contributed by atoms with Gasteiger partial charge in [-0.1, -0.05) is 0 Å². The average molecular weight is 373 g/mol. The Kier molecular flexibility index (Phi) is 5.58. The molecule has 2 N–H and O–H groups in total. The van der Waals surface area contributed by atoms with Crippen LogP contribution in [0.5, 0.6) is 0 Å². The van der Waals surface area contributed by atoms with Gasteiger partial charge in [-0.2, -0.15) is 0 Å². The van der Waals surface area contributed by atoms with E-state index in [0.29, 0.717) is 30.4 Å². The molecule has 2 heterocycles. The Morgan fingerprint density at radius 1 is 1.31 bits per heavy atom. The summed E-state index contributed by atoms with van der Waals surface area (Å²) in [4.78, 5) is 17.1. The predicted molar refractivity (Wildman–Crippen MR) is 105 cm³/mol. The highest BCUT2D eigenvalue weighted by Gasteiger charge is 2.18. The molecule has 0 aliphatic heterocycles. The summed E-state index contributed by atoms with van der Waals surface area (Å²) in [5.41, 5.74) is 9.60. The van der Waals surface area contributed by atoms with Crippen LogP contribution in [0.15, 0.2) is 24.4 Å². The van der Waals surface area contributed by atoms with Crippen LogP contribution in [0.2, 0.25) is 0 Å². The van der Waals surface area contributed by atoms with E-state index in [1.807, 2.05) is 38.2 Å². The molecular weight excluding hydrogens is 350 g/mol. The molecule has 0 aliphatic rings. The van der Waals surface area contributed by atoms with Crippen molar-refractivity contribution in [2.45, 2.75) is 27.3 Å². The number of anilines is 1. The van der Waals surface area contributed by atoms with E-state index in [1.165, 1.54) is 11.3 Å². The minimum Gasteiger partial charge on any atom is -0.462 e. The number of aryl methyl sites for hydroxylation is 1. The van der Waals surface area contributed by atoms with E-state index in [0.717, 1.165) is 33.7 Å². The van der Waals surface area contributed by atoms with Crippen molar-refractivity contribution in [2.75, 3.05) is 25.6 Å². The maximum Gasteiger partial charge on any atom is 0.350 e. The summed E-state index contributed by atoms with van der Waals surface area (Å²) in [7, 11) is 0. The van der Waals surface area contributed by atoms with Gasteiger partial charge < -0.3 is 19.8 Å².